The molecule has 0 bridgehead atoms. The minimum absolute atomic E-state index is 0.0454. The van der Waals surface area contributed by atoms with E-state index in [2.05, 4.69) is 9.97 Å². The molecule has 1 aromatic heterocycles. The van der Waals surface area contributed by atoms with Crippen LogP contribution in [0.1, 0.15) is 35.9 Å². The van der Waals surface area contributed by atoms with Crippen LogP contribution in [0.25, 0.3) is 0 Å². The normalized spacial score (nSPS) is 17.8. The molecule has 74 valence electrons. The maximum atomic E-state index is 11.3. The molecule has 0 atom stereocenters. The number of hydrogen-bond donors (Lipinski definition) is 2. The van der Waals surface area contributed by atoms with Gasteiger partial charge in [0.25, 0.3) is 5.56 Å². The van der Waals surface area contributed by atoms with Gasteiger partial charge in [-0.3, -0.25) is 4.79 Å². The molecule has 1 aromatic rings. The van der Waals surface area contributed by atoms with Crippen LogP contribution in [0, 0.1) is 0 Å². The molecule has 0 aromatic carbocycles. The second-order valence-electron chi connectivity index (χ2n) is 3.84. The third kappa shape index (κ3) is 1.30. The van der Waals surface area contributed by atoms with E-state index in [1.54, 1.807) is 0 Å². The van der Waals surface area contributed by atoms with Crippen molar-refractivity contribution < 1.29 is 9.90 Å². The van der Waals surface area contributed by atoms with E-state index in [0.717, 1.165) is 19.0 Å². The number of aromatic nitrogens is 2. The predicted octanol–water partition coefficient (Wildman–Crippen LogP) is 0.520. The lowest BCUT2D eigenvalue weighted by molar-refractivity contribution is 0.0694. The maximum absolute atomic E-state index is 11.3. The Morgan fingerprint density at radius 3 is 2.71 bits per heavy atom. The SMILES string of the molecule is CC1(c2ncc(C(=O)O)c(=O)[nH]2)CC1. The fourth-order valence-corrected chi connectivity index (χ4v) is 1.28. The van der Waals surface area contributed by atoms with Gasteiger partial charge in [0.2, 0.25) is 0 Å². The standard InChI is InChI=1S/C9H10N2O3/c1-9(2-3-9)8-10-4-5(7(13)14)6(12)11-8/h4H,2-3H2,1H3,(H,13,14)(H,10,11,12). The third-order valence-corrected chi connectivity index (χ3v) is 2.60. The molecule has 1 saturated carbocycles. The zero-order chi connectivity index (χ0) is 10.3. The van der Waals surface area contributed by atoms with Crippen LogP contribution < -0.4 is 5.56 Å². The molecule has 0 aliphatic heterocycles. The molecular formula is C9H10N2O3. The zero-order valence-electron chi connectivity index (χ0n) is 7.70. The van der Waals surface area contributed by atoms with Crippen LogP contribution in [0.3, 0.4) is 0 Å². The van der Waals surface area contributed by atoms with E-state index in [0.29, 0.717) is 5.82 Å². The second kappa shape index (κ2) is 2.67. The predicted molar refractivity (Wildman–Crippen MR) is 48.4 cm³/mol. The van der Waals surface area contributed by atoms with Crippen LogP contribution >= 0.6 is 0 Å². The molecule has 1 heterocycles. The van der Waals surface area contributed by atoms with E-state index in [4.69, 9.17) is 5.11 Å². The summed E-state index contributed by atoms with van der Waals surface area (Å²) in [5.74, 6) is -0.654. The number of carboxylic acid groups (broad SMARTS) is 1. The van der Waals surface area contributed by atoms with Crippen molar-refractivity contribution >= 4 is 5.97 Å². The van der Waals surface area contributed by atoms with E-state index in [1.807, 2.05) is 6.92 Å². The van der Waals surface area contributed by atoms with Crippen LogP contribution in [0.4, 0.5) is 0 Å². The molecule has 1 aliphatic carbocycles. The van der Waals surface area contributed by atoms with Gasteiger partial charge < -0.3 is 10.1 Å². The minimum Gasteiger partial charge on any atom is -0.477 e. The molecule has 2 N–H and O–H groups in total. The smallest absolute Gasteiger partial charge is 0.342 e. The van der Waals surface area contributed by atoms with Crippen molar-refractivity contribution in [3.8, 4) is 0 Å². The van der Waals surface area contributed by atoms with Gasteiger partial charge in [-0.15, -0.1) is 0 Å². The Labute approximate surface area is 79.8 Å². The number of hydrogen-bond acceptors (Lipinski definition) is 3. The molecule has 0 spiro atoms. The molecule has 14 heavy (non-hydrogen) atoms. The average Bonchev–Trinajstić information content (AvgIpc) is 2.84. The van der Waals surface area contributed by atoms with Crippen LogP contribution in [-0.4, -0.2) is 21.0 Å². The first-order valence-corrected chi connectivity index (χ1v) is 4.36. The first-order chi connectivity index (χ1) is 6.53. The summed E-state index contributed by atoms with van der Waals surface area (Å²) in [6, 6.07) is 0. The van der Waals surface area contributed by atoms with Gasteiger partial charge in [-0.25, -0.2) is 9.78 Å². The summed E-state index contributed by atoms with van der Waals surface area (Å²) >= 11 is 0. The number of rotatable bonds is 2. The van der Waals surface area contributed by atoms with Crippen LogP contribution in [0.15, 0.2) is 11.0 Å². The first-order valence-electron chi connectivity index (χ1n) is 4.36. The van der Waals surface area contributed by atoms with Gasteiger partial charge in [-0.2, -0.15) is 0 Å². The van der Waals surface area contributed by atoms with E-state index >= 15 is 0 Å². The molecule has 1 aliphatic rings. The highest BCUT2D eigenvalue weighted by Gasteiger charge is 2.41. The number of carboxylic acids is 1. The van der Waals surface area contributed by atoms with Crippen LogP contribution in [0.2, 0.25) is 0 Å². The Morgan fingerprint density at radius 2 is 2.29 bits per heavy atom. The van der Waals surface area contributed by atoms with Crippen molar-refractivity contribution in [1.82, 2.24) is 9.97 Å². The first kappa shape index (κ1) is 8.93. The maximum Gasteiger partial charge on any atom is 0.342 e. The highest BCUT2D eigenvalue weighted by molar-refractivity contribution is 5.86. The van der Waals surface area contributed by atoms with E-state index in [-0.39, 0.29) is 11.0 Å². The molecule has 5 nitrogen and oxygen atoms in total. The number of carbonyl (C=O) groups is 1. The summed E-state index contributed by atoms with van der Waals surface area (Å²) in [4.78, 5) is 28.3. The number of nitrogens with one attached hydrogen (secondary N) is 1. The summed E-state index contributed by atoms with van der Waals surface area (Å²) in [6.07, 6.45) is 3.10. The van der Waals surface area contributed by atoms with Crippen molar-refractivity contribution in [3.05, 3.63) is 27.9 Å². The molecule has 2 rings (SSSR count). The number of aromatic carboxylic acids is 1. The Balaban J connectivity index is 2.46. The Kier molecular flexibility index (Phi) is 1.70. The molecule has 0 amide bonds. The second-order valence-corrected chi connectivity index (χ2v) is 3.84. The molecule has 5 heteroatoms. The van der Waals surface area contributed by atoms with E-state index in [9.17, 15) is 9.59 Å². The Bertz CT molecular complexity index is 446. The van der Waals surface area contributed by atoms with Gasteiger partial charge in [0.05, 0.1) is 0 Å². The number of H-pyrrole nitrogens is 1. The number of nitrogens with zero attached hydrogens (tertiary/aromatic N) is 1. The van der Waals surface area contributed by atoms with Crippen molar-refractivity contribution in [1.29, 1.82) is 0 Å². The van der Waals surface area contributed by atoms with Gasteiger partial charge in [0.1, 0.15) is 11.4 Å². The monoisotopic (exact) mass is 194 g/mol. The van der Waals surface area contributed by atoms with Gasteiger partial charge in [0.15, 0.2) is 0 Å². The molecule has 0 saturated heterocycles. The summed E-state index contributed by atoms with van der Waals surface area (Å²) in [5, 5.41) is 8.61. The highest BCUT2D eigenvalue weighted by Crippen LogP contribution is 2.45. The highest BCUT2D eigenvalue weighted by atomic mass is 16.4. The van der Waals surface area contributed by atoms with Crippen LogP contribution in [-0.2, 0) is 5.41 Å². The van der Waals surface area contributed by atoms with Crippen molar-refractivity contribution in [3.63, 3.8) is 0 Å². The largest absolute Gasteiger partial charge is 0.477 e. The fraction of sp³-hybridized carbons (Fsp3) is 0.444. The molecule has 0 unspecified atom stereocenters. The van der Waals surface area contributed by atoms with E-state index < -0.39 is 11.5 Å². The molecule has 0 radical (unpaired) electrons. The van der Waals surface area contributed by atoms with Crippen LogP contribution in [0.5, 0.6) is 0 Å². The van der Waals surface area contributed by atoms with Gasteiger partial charge in [-0.1, -0.05) is 6.92 Å². The van der Waals surface area contributed by atoms with E-state index in [1.165, 1.54) is 0 Å². The van der Waals surface area contributed by atoms with Gasteiger partial charge >= 0.3 is 5.97 Å². The molecular weight excluding hydrogens is 184 g/mol. The van der Waals surface area contributed by atoms with Gasteiger partial charge in [-0.05, 0) is 12.8 Å². The summed E-state index contributed by atoms with van der Waals surface area (Å²) in [6.45, 7) is 1.99. The lowest BCUT2D eigenvalue weighted by atomic mass is 10.1. The average molecular weight is 194 g/mol. The summed E-state index contributed by atoms with van der Waals surface area (Å²) in [7, 11) is 0. The van der Waals surface area contributed by atoms with Crippen molar-refractivity contribution in [2.45, 2.75) is 25.2 Å². The number of aromatic amines is 1. The molecule has 1 fully saturated rings. The lowest BCUT2D eigenvalue weighted by Gasteiger charge is -2.06. The summed E-state index contributed by atoms with van der Waals surface area (Å²) < 4.78 is 0. The summed E-state index contributed by atoms with van der Waals surface area (Å²) in [5.41, 5.74) is -0.926. The Morgan fingerprint density at radius 1 is 1.64 bits per heavy atom. The minimum atomic E-state index is -1.24. The lowest BCUT2D eigenvalue weighted by Crippen LogP contribution is -2.22. The van der Waals surface area contributed by atoms with Gasteiger partial charge in [0, 0.05) is 11.6 Å². The quantitative estimate of drug-likeness (QED) is 0.718. The third-order valence-electron chi connectivity index (χ3n) is 2.60. The Hall–Kier alpha value is -1.65. The zero-order valence-corrected chi connectivity index (χ0v) is 7.70. The fourth-order valence-electron chi connectivity index (χ4n) is 1.28. The topological polar surface area (TPSA) is 83.0 Å². The van der Waals surface area contributed by atoms with Crippen molar-refractivity contribution in [2.75, 3.05) is 0 Å². The van der Waals surface area contributed by atoms with Crippen molar-refractivity contribution in [2.24, 2.45) is 0 Å².